The molecule has 1 rings (SSSR count). The first-order chi connectivity index (χ1) is 5.70. The van der Waals surface area contributed by atoms with Crippen molar-refractivity contribution >= 4 is 5.78 Å². The molecular formula is C9H12N2O. The third-order valence-electron chi connectivity index (χ3n) is 1.83. The Morgan fingerprint density at radius 1 is 1.58 bits per heavy atom. The van der Waals surface area contributed by atoms with Crippen LogP contribution in [0.4, 0.5) is 0 Å². The Labute approximate surface area is 71.9 Å². The lowest BCUT2D eigenvalue weighted by molar-refractivity contribution is -0.120. The van der Waals surface area contributed by atoms with Gasteiger partial charge in [-0.05, 0) is 6.92 Å². The predicted octanol–water partition coefficient (Wildman–Crippen LogP) is 1.24. The molecule has 1 aromatic rings. The van der Waals surface area contributed by atoms with E-state index in [2.05, 4.69) is 9.97 Å². The average molecular weight is 164 g/mol. The maximum atomic E-state index is 10.9. The Bertz CT molecular complexity index is 258. The van der Waals surface area contributed by atoms with Crippen molar-refractivity contribution in [3.63, 3.8) is 0 Å². The number of nitrogens with zero attached hydrogens (tertiary/aromatic N) is 2. The highest BCUT2D eigenvalue weighted by molar-refractivity contribution is 5.78. The summed E-state index contributed by atoms with van der Waals surface area (Å²) >= 11 is 0. The largest absolute Gasteiger partial charge is 0.300 e. The molecule has 64 valence electrons. The van der Waals surface area contributed by atoms with Gasteiger partial charge in [0.2, 0.25) is 0 Å². The highest BCUT2D eigenvalue weighted by Crippen LogP contribution is 2.04. The van der Waals surface area contributed by atoms with E-state index in [9.17, 15) is 4.79 Å². The van der Waals surface area contributed by atoms with Crippen LogP contribution in [0.15, 0.2) is 18.6 Å². The molecule has 12 heavy (non-hydrogen) atoms. The Kier molecular flexibility index (Phi) is 2.91. The van der Waals surface area contributed by atoms with Gasteiger partial charge in [-0.25, -0.2) is 0 Å². The first-order valence-corrected chi connectivity index (χ1v) is 3.95. The lowest BCUT2D eigenvalue weighted by atomic mass is 10.0. The summed E-state index contributed by atoms with van der Waals surface area (Å²) in [4.78, 5) is 18.9. The van der Waals surface area contributed by atoms with Gasteiger partial charge in [0.05, 0.1) is 5.69 Å². The van der Waals surface area contributed by atoms with Crippen molar-refractivity contribution in [2.45, 2.75) is 20.3 Å². The molecule has 1 unspecified atom stereocenters. The molecule has 0 N–H and O–H groups in total. The average Bonchev–Trinajstić information content (AvgIpc) is 2.06. The van der Waals surface area contributed by atoms with Crippen molar-refractivity contribution in [2.75, 3.05) is 0 Å². The third-order valence-corrected chi connectivity index (χ3v) is 1.83. The first-order valence-electron chi connectivity index (χ1n) is 3.95. The molecule has 1 aromatic heterocycles. The Balaban J connectivity index is 2.58. The minimum absolute atomic E-state index is 0.0432. The molecule has 0 fully saturated rings. The summed E-state index contributed by atoms with van der Waals surface area (Å²) in [7, 11) is 0. The molecule has 0 radical (unpaired) electrons. The molecule has 0 spiro atoms. The molecule has 0 saturated heterocycles. The monoisotopic (exact) mass is 164 g/mol. The van der Waals surface area contributed by atoms with E-state index >= 15 is 0 Å². The van der Waals surface area contributed by atoms with E-state index in [0.29, 0.717) is 6.42 Å². The van der Waals surface area contributed by atoms with E-state index in [1.807, 2.05) is 6.92 Å². The number of hydrogen-bond donors (Lipinski definition) is 0. The fraction of sp³-hybridized carbons (Fsp3) is 0.444. The second-order valence-electron chi connectivity index (χ2n) is 2.91. The molecule has 0 aliphatic heterocycles. The molecule has 0 aliphatic rings. The molecule has 0 saturated carbocycles. The van der Waals surface area contributed by atoms with Crippen LogP contribution in [0.2, 0.25) is 0 Å². The standard InChI is InChI=1S/C9H12N2O/c1-7(8(2)12)5-9-6-10-3-4-11-9/h3-4,6-7H,5H2,1-2H3. The molecule has 1 heterocycles. The SMILES string of the molecule is CC(=O)C(C)Cc1cnccn1. The Hall–Kier alpha value is -1.25. The van der Waals surface area contributed by atoms with Crippen LogP contribution in [0.3, 0.4) is 0 Å². The van der Waals surface area contributed by atoms with E-state index in [1.54, 1.807) is 25.5 Å². The lowest BCUT2D eigenvalue weighted by Gasteiger charge is -2.04. The van der Waals surface area contributed by atoms with E-state index in [1.165, 1.54) is 0 Å². The maximum Gasteiger partial charge on any atom is 0.133 e. The van der Waals surface area contributed by atoms with E-state index in [-0.39, 0.29) is 11.7 Å². The van der Waals surface area contributed by atoms with Gasteiger partial charge in [-0.2, -0.15) is 0 Å². The van der Waals surface area contributed by atoms with Gasteiger partial charge in [-0.1, -0.05) is 6.92 Å². The van der Waals surface area contributed by atoms with Crippen molar-refractivity contribution in [1.29, 1.82) is 0 Å². The number of carbonyl (C=O) groups is 1. The zero-order valence-electron chi connectivity index (χ0n) is 7.32. The van der Waals surface area contributed by atoms with Crippen molar-refractivity contribution in [1.82, 2.24) is 9.97 Å². The van der Waals surface area contributed by atoms with E-state index in [0.717, 1.165) is 5.69 Å². The number of aromatic nitrogens is 2. The molecule has 1 atom stereocenters. The summed E-state index contributed by atoms with van der Waals surface area (Å²) in [6.45, 7) is 3.50. The quantitative estimate of drug-likeness (QED) is 0.675. The summed E-state index contributed by atoms with van der Waals surface area (Å²) in [5.41, 5.74) is 0.875. The van der Waals surface area contributed by atoms with E-state index < -0.39 is 0 Å². The molecule has 3 nitrogen and oxygen atoms in total. The van der Waals surface area contributed by atoms with Gasteiger partial charge in [0.15, 0.2) is 0 Å². The fourth-order valence-corrected chi connectivity index (χ4v) is 0.893. The van der Waals surface area contributed by atoms with Crippen LogP contribution in [0.1, 0.15) is 19.5 Å². The summed E-state index contributed by atoms with van der Waals surface area (Å²) in [6.07, 6.45) is 5.65. The van der Waals surface area contributed by atoms with Crippen LogP contribution in [0.5, 0.6) is 0 Å². The van der Waals surface area contributed by atoms with Crippen molar-refractivity contribution < 1.29 is 4.79 Å². The van der Waals surface area contributed by atoms with Crippen molar-refractivity contribution in [2.24, 2.45) is 5.92 Å². The van der Waals surface area contributed by atoms with Gasteiger partial charge in [-0.15, -0.1) is 0 Å². The minimum Gasteiger partial charge on any atom is -0.300 e. The van der Waals surface area contributed by atoms with Gasteiger partial charge in [-0.3, -0.25) is 14.8 Å². The number of ketones is 1. The Morgan fingerprint density at radius 2 is 2.33 bits per heavy atom. The summed E-state index contributed by atoms with van der Waals surface area (Å²) in [5, 5.41) is 0. The van der Waals surface area contributed by atoms with Crippen LogP contribution in [-0.4, -0.2) is 15.8 Å². The van der Waals surface area contributed by atoms with Gasteiger partial charge in [0.1, 0.15) is 5.78 Å². The minimum atomic E-state index is 0.0432. The number of rotatable bonds is 3. The van der Waals surface area contributed by atoms with Crippen LogP contribution in [-0.2, 0) is 11.2 Å². The molecular weight excluding hydrogens is 152 g/mol. The summed E-state index contributed by atoms with van der Waals surface area (Å²) < 4.78 is 0. The number of Topliss-reactive ketones (excluding diaryl/α,β-unsaturated/α-hetero) is 1. The molecule has 0 bridgehead atoms. The molecule has 0 aliphatic carbocycles. The number of carbonyl (C=O) groups excluding carboxylic acids is 1. The van der Waals surface area contributed by atoms with Crippen LogP contribution in [0.25, 0.3) is 0 Å². The predicted molar refractivity (Wildman–Crippen MR) is 45.6 cm³/mol. The van der Waals surface area contributed by atoms with Gasteiger partial charge in [0, 0.05) is 30.9 Å². The van der Waals surface area contributed by atoms with Crippen molar-refractivity contribution in [3.05, 3.63) is 24.3 Å². The zero-order chi connectivity index (χ0) is 8.97. The molecule has 3 heteroatoms. The zero-order valence-corrected chi connectivity index (χ0v) is 7.32. The lowest BCUT2D eigenvalue weighted by Crippen LogP contribution is -2.10. The second kappa shape index (κ2) is 3.95. The normalized spacial score (nSPS) is 12.5. The summed E-state index contributed by atoms with van der Waals surface area (Å²) in [6, 6.07) is 0. The van der Waals surface area contributed by atoms with Crippen LogP contribution in [0, 0.1) is 5.92 Å². The second-order valence-corrected chi connectivity index (χ2v) is 2.91. The maximum absolute atomic E-state index is 10.9. The van der Waals surface area contributed by atoms with Gasteiger partial charge >= 0.3 is 0 Å². The smallest absolute Gasteiger partial charge is 0.133 e. The highest BCUT2D eigenvalue weighted by Gasteiger charge is 2.08. The van der Waals surface area contributed by atoms with Crippen LogP contribution >= 0.6 is 0 Å². The van der Waals surface area contributed by atoms with E-state index in [4.69, 9.17) is 0 Å². The third kappa shape index (κ3) is 2.42. The fourth-order valence-electron chi connectivity index (χ4n) is 0.893. The first kappa shape index (κ1) is 8.84. The summed E-state index contributed by atoms with van der Waals surface area (Å²) in [5.74, 6) is 0.238. The van der Waals surface area contributed by atoms with Gasteiger partial charge < -0.3 is 0 Å². The topological polar surface area (TPSA) is 42.9 Å². The van der Waals surface area contributed by atoms with Crippen LogP contribution < -0.4 is 0 Å². The molecule has 0 amide bonds. The Morgan fingerprint density at radius 3 is 2.83 bits per heavy atom. The highest BCUT2D eigenvalue weighted by atomic mass is 16.1. The number of hydrogen-bond acceptors (Lipinski definition) is 3. The van der Waals surface area contributed by atoms with Gasteiger partial charge in [0.25, 0.3) is 0 Å². The molecule has 0 aromatic carbocycles. The van der Waals surface area contributed by atoms with Crippen molar-refractivity contribution in [3.8, 4) is 0 Å².